The minimum atomic E-state index is 0.314. The summed E-state index contributed by atoms with van der Waals surface area (Å²) in [6.07, 6.45) is 2.84. The van der Waals surface area contributed by atoms with Crippen molar-refractivity contribution in [2.24, 2.45) is 0 Å². The number of hydrogen-bond acceptors (Lipinski definition) is 0. The Kier molecular flexibility index (Phi) is 3.73. The lowest BCUT2D eigenvalue weighted by atomic mass is 9.96. The van der Waals surface area contributed by atoms with Crippen LogP contribution < -0.4 is 0 Å². The van der Waals surface area contributed by atoms with Crippen LogP contribution in [0.3, 0.4) is 0 Å². The molecule has 1 rings (SSSR count). The van der Waals surface area contributed by atoms with Gasteiger partial charge in [-0.15, -0.1) is 6.58 Å². The Balaban J connectivity index is 2.93. The Labute approximate surface area is 88.8 Å². The molecule has 0 heterocycles. The van der Waals surface area contributed by atoms with Crippen LogP contribution in [0.2, 0.25) is 0 Å². The molecule has 0 nitrogen and oxygen atoms in total. The molecule has 1 unspecified atom stereocenters. The molecule has 0 saturated heterocycles. The second-order valence-electron chi connectivity index (χ2n) is 3.28. The van der Waals surface area contributed by atoms with E-state index in [1.807, 2.05) is 6.08 Å². The van der Waals surface area contributed by atoms with Gasteiger partial charge in [-0.2, -0.15) is 0 Å². The highest BCUT2D eigenvalue weighted by Gasteiger charge is 2.04. The summed E-state index contributed by atoms with van der Waals surface area (Å²) in [7, 11) is 0. The first-order valence-electron chi connectivity index (χ1n) is 4.34. The van der Waals surface area contributed by atoms with Gasteiger partial charge in [0, 0.05) is 4.47 Å². The van der Waals surface area contributed by atoms with Gasteiger partial charge in [-0.3, -0.25) is 0 Å². The van der Waals surface area contributed by atoms with Crippen molar-refractivity contribution in [1.29, 1.82) is 0 Å². The fourth-order valence-electron chi connectivity index (χ4n) is 1.34. The summed E-state index contributed by atoms with van der Waals surface area (Å²) in [4.78, 5) is 0. The van der Waals surface area contributed by atoms with E-state index in [2.05, 4.69) is 54.6 Å². The van der Waals surface area contributed by atoms with Crippen molar-refractivity contribution in [3.8, 4) is 0 Å². The summed E-state index contributed by atoms with van der Waals surface area (Å²) in [6, 6.07) is 6.39. The first-order valence-corrected chi connectivity index (χ1v) is 5.14. The average Bonchev–Trinajstić information content (AvgIpc) is 2.03. The second kappa shape index (κ2) is 4.61. The maximum absolute atomic E-state index is 4.09. The van der Waals surface area contributed by atoms with E-state index in [-0.39, 0.29) is 0 Å². The van der Waals surface area contributed by atoms with E-state index in [1.165, 1.54) is 11.1 Å². The van der Waals surface area contributed by atoms with Gasteiger partial charge < -0.3 is 0 Å². The first kappa shape index (κ1) is 10.5. The number of aryl methyl sites for hydroxylation is 1. The summed E-state index contributed by atoms with van der Waals surface area (Å²) in [6.45, 7) is 9.90. The molecule has 0 saturated carbocycles. The number of halogens is 1. The SMILES string of the molecule is [CH2]C(CC=C)c1cc(C)cc(Br)c1. The third-order valence-corrected chi connectivity index (χ3v) is 2.44. The van der Waals surface area contributed by atoms with Gasteiger partial charge in [0.1, 0.15) is 0 Å². The van der Waals surface area contributed by atoms with E-state index in [0.29, 0.717) is 5.92 Å². The monoisotopic (exact) mass is 237 g/mol. The molecule has 1 aromatic carbocycles. The molecule has 1 radical (unpaired) electrons. The lowest BCUT2D eigenvalue weighted by Gasteiger charge is -2.10. The van der Waals surface area contributed by atoms with E-state index in [1.54, 1.807) is 0 Å². The Morgan fingerprint density at radius 1 is 1.46 bits per heavy atom. The van der Waals surface area contributed by atoms with Crippen LogP contribution in [0.5, 0.6) is 0 Å². The third-order valence-electron chi connectivity index (χ3n) is 1.99. The molecule has 0 aliphatic rings. The normalized spacial score (nSPS) is 12.5. The molecule has 0 bridgehead atoms. The van der Waals surface area contributed by atoms with Gasteiger partial charge in [0.2, 0.25) is 0 Å². The van der Waals surface area contributed by atoms with Crippen LogP contribution in [-0.2, 0) is 0 Å². The van der Waals surface area contributed by atoms with Crippen molar-refractivity contribution < 1.29 is 0 Å². The minimum absolute atomic E-state index is 0.314. The molecular formula is C12H14Br. The van der Waals surface area contributed by atoms with Crippen LogP contribution in [0.15, 0.2) is 35.3 Å². The Morgan fingerprint density at radius 2 is 2.15 bits per heavy atom. The van der Waals surface area contributed by atoms with Crippen molar-refractivity contribution in [2.45, 2.75) is 19.3 Å². The summed E-state index contributed by atoms with van der Waals surface area (Å²) >= 11 is 3.48. The highest BCUT2D eigenvalue weighted by atomic mass is 79.9. The molecule has 0 N–H and O–H groups in total. The molecule has 1 aromatic rings. The smallest absolute Gasteiger partial charge is 0.0180 e. The van der Waals surface area contributed by atoms with Gasteiger partial charge in [-0.1, -0.05) is 28.1 Å². The highest BCUT2D eigenvalue weighted by Crippen LogP contribution is 2.23. The predicted molar refractivity (Wildman–Crippen MR) is 61.8 cm³/mol. The maximum Gasteiger partial charge on any atom is 0.0180 e. The van der Waals surface area contributed by atoms with Crippen LogP contribution in [-0.4, -0.2) is 0 Å². The molecule has 0 aliphatic carbocycles. The van der Waals surface area contributed by atoms with Gasteiger partial charge >= 0.3 is 0 Å². The van der Waals surface area contributed by atoms with Crippen molar-refractivity contribution in [3.63, 3.8) is 0 Å². The summed E-state index contributed by atoms with van der Waals surface area (Å²) < 4.78 is 1.13. The third kappa shape index (κ3) is 3.00. The molecule has 0 aromatic heterocycles. The summed E-state index contributed by atoms with van der Waals surface area (Å²) in [5.41, 5.74) is 2.54. The summed E-state index contributed by atoms with van der Waals surface area (Å²) in [5.74, 6) is 0.314. The van der Waals surface area contributed by atoms with Gasteiger partial charge in [0.25, 0.3) is 0 Å². The van der Waals surface area contributed by atoms with Crippen molar-refractivity contribution in [3.05, 3.63) is 53.4 Å². The largest absolute Gasteiger partial charge is 0.103 e. The fourth-order valence-corrected chi connectivity index (χ4v) is 1.96. The molecular weight excluding hydrogens is 224 g/mol. The van der Waals surface area contributed by atoms with Crippen LogP contribution in [0.1, 0.15) is 23.5 Å². The molecule has 0 fully saturated rings. The van der Waals surface area contributed by atoms with Crippen LogP contribution in [0.4, 0.5) is 0 Å². The quantitative estimate of drug-likeness (QED) is 0.690. The number of rotatable bonds is 3. The topological polar surface area (TPSA) is 0 Å². The molecule has 13 heavy (non-hydrogen) atoms. The summed E-state index contributed by atoms with van der Waals surface area (Å²) in [5, 5.41) is 0. The van der Waals surface area contributed by atoms with Gasteiger partial charge in [0.05, 0.1) is 0 Å². The lowest BCUT2D eigenvalue weighted by molar-refractivity contribution is 0.859. The zero-order valence-corrected chi connectivity index (χ0v) is 9.47. The number of hydrogen-bond donors (Lipinski definition) is 0. The van der Waals surface area contributed by atoms with E-state index in [9.17, 15) is 0 Å². The van der Waals surface area contributed by atoms with E-state index < -0.39 is 0 Å². The number of allylic oxidation sites excluding steroid dienone is 1. The molecule has 1 atom stereocenters. The Hall–Kier alpha value is -0.560. The van der Waals surface area contributed by atoms with Crippen LogP contribution in [0.25, 0.3) is 0 Å². The van der Waals surface area contributed by atoms with Gasteiger partial charge in [-0.25, -0.2) is 0 Å². The average molecular weight is 238 g/mol. The number of benzene rings is 1. The van der Waals surface area contributed by atoms with Gasteiger partial charge in [0.15, 0.2) is 0 Å². The molecule has 0 spiro atoms. The maximum atomic E-state index is 4.09. The van der Waals surface area contributed by atoms with Crippen LogP contribution >= 0.6 is 15.9 Å². The Bertz CT molecular complexity index is 282. The van der Waals surface area contributed by atoms with Crippen molar-refractivity contribution >= 4 is 15.9 Å². The molecule has 69 valence electrons. The standard InChI is InChI=1S/C12H14Br/c1-4-5-10(3)11-6-9(2)7-12(13)8-11/h4,6-8,10H,1,3,5H2,2H3. The molecule has 0 aliphatic heterocycles. The molecule has 1 heteroatoms. The zero-order valence-electron chi connectivity index (χ0n) is 7.89. The lowest BCUT2D eigenvalue weighted by Crippen LogP contribution is -1.92. The van der Waals surface area contributed by atoms with E-state index in [4.69, 9.17) is 0 Å². The van der Waals surface area contributed by atoms with Crippen LogP contribution in [0, 0.1) is 13.8 Å². The first-order chi connectivity index (χ1) is 6.13. The molecule has 0 amide bonds. The van der Waals surface area contributed by atoms with E-state index >= 15 is 0 Å². The minimum Gasteiger partial charge on any atom is -0.103 e. The zero-order chi connectivity index (χ0) is 9.84. The second-order valence-corrected chi connectivity index (χ2v) is 4.20. The Morgan fingerprint density at radius 3 is 2.69 bits per heavy atom. The van der Waals surface area contributed by atoms with Crippen molar-refractivity contribution in [2.75, 3.05) is 0 Å². The van der Waals surface area contributed by atoms with Gasteiger partial charge in [-0.05, 0) is 49.4 Å². The highest BCUT2D eigenvalue weighted by molar-refractivity contribution is 9.10. The predicted octanol–water partition coefficient (Wildman–Crippen LogP) is 4.25. The van der Waals surface area contributed by atoms with E-state index in [0.717, 1.165) is 10.9 Å². The van der Waals surface area contributed by atoms with Crippen molar-refractivity contribution in [1.82, 2.24) is 0 Å². The fraction of sp³-hybridized carbons (Fsp3) is 0.250.